The highest BCUT2D eigenvalue weighted by atomic mass is 19.4. The largest absolute Gasteiger partial charge is 0.486 e. The second kappa shape index (κ2) is 7.04. The van der Waals surface area contributed by atoms with Crippen LogP contribution in [0.15, 0.2) is 42.5 Å². The number of fused-ring (bicyclic) bond motifs is 1. The predicted octanol–water partition coefficient (Wildman–Crippen LogP) is 3.34. The molecular formula is C18H16F3NO3. The van der Waals surface area contributed by atoms with Crippen LogP contribution in [0.3, 0.4) is 0 Å². The number of carbonyl (C=O) groups is 1. The number of carbonyl (C=O) groups excluding carboxylic acids is 1. The van der Waals surface area contributed by atoms with Gasteiger partial charge in [-0.05, 0) is 29.3 Å². The summed E-state index contributed by atoms with van der Waals surface area (Å²) in [5.41, 5.74) is 0.376. The summed E-state index contributed by atoms with van der Waals surface area (Å²) in [5.74, 6) is 0.926. The van der Waals surface area contributed by atoms with Gasteiger partial charge >= 0.3 is 6.18 Å². The van der Waals surface area contributed by atoms with Crippen LogP contribution in [0.4, 0.5) is 13.2 Å². The van der Waals surface area contributed by atoms with Gasteiger partial charge in [0, 0.05) is 6.54 Å². The third-order valence-electron chi connectivity index (χ3n) is 3.72. The molecule has 25 heavy (non-hydrogen) atoms. The third kappa shape index (κ3) is 4.43. The number of amides is 1. The quantitative estimate of drug-likeness (QED) is 0.919. The monoisotopic (exact) mass is 351 g/mol. The Morgan fingerprint density at radius 2 is 1.76 bits per heavy atom. The van der Waals surface area contributed by atoms with E-state index in [0.29, 0.717) is 30.3 Å². The number of nitrogens with one attached hydrogen (secondary N) is 1. The van der Waals surface area contributed by atoms with Crippen molar-refractivity contribution in [2.24, 2.45) is 0 Å². The fraction of sp³-hybridized carbons (Fsp3) is 0.278. The molecule has 1 N–H and O–H groups in total. The van der Waals surface area contributed by atoms with Crippen molar-refractivity contribution in [3.05, 3.63) is 59.2 Å². The highest BCUT2D eigenvalue weighted by molar-refractivity contribution is 5.78. The molecule has 0 radical (unpaired) electrons. The van der Waals surface area contributed by atoms with Gasteiger partial charge in [-0.1, -0.05) is 24.3 Å². The Morgan fingerprint density at radius 3 is 2.52 bits per heavy atom. The molecule has 7 heteroatoms. The number of hydrogen-bond donors (Lipinski definition) is 1. The maximum Gasteiger partial charge on any atom is 0.416 e. The summed E-state index contributed by atoms with van der Waals surface area (Å²) >= 11 is 0. The van der Waals surface area contributed by atoms with Crippen LogP contribution in [0.2, 0.25) is 0 Å². The van der Waals surface area contributed by atoms with Crippen molar-refractivity contribution >= 4 is 5.91 Å². The van der Waals surface area contributed by atoms with Gasteiger partial charge in [-0.25, -0.2) is 0 Å². The molecule has 0 spiro atoms. The molecule has 0 aliphatic carbocycles. The molecule has 0 fully saturated rings. The molecule has 1 heterocycles. The van der Waals surface area contributed by atoms with E-state index in [4.69, 9.17) is 9.47 Å². The second-order valence-corrected chi connectivity index (χ2v) is 5.63. The topological polar surface area (TPSA) is 47.6 Å². The van der Waals surface area contributed by atoms with Crippen LogP contribution in [-0.4, -0.2) is 19.1 Å². The van der Waals surface area contributed by atoms with Gasteiger partial charge in [0.1, 0.15) is 13.2 Å². The Kier molecular flexibility index (Phi) is 4.83. The molecule has 2 aromatic rings. The average molecular weight is 351 g/mol. The van der Waals surface area contributed by atoms with E-state index in [-0.39, 0.29) is 18.9 Å². The van der Waals surface area contributed by atoms with Crippen molar-refractivity contribution < 1.29 is 27.4 Å². The number of halogens is 3. The molecule has 4 nitrogen and oxygen atoms in total. The van der Waals surface area contributed by atoms with E-state index in [1.807, 2.05) is 0 Å². The van der Waals surface area contributed by atoms with E-state index in [9.17, 15) is 18.0 Å². The fourth-order valence-electron chi connectivity index (χ4n) is 2.50. The van der Waals surface area contributed by atoms with Crippen molar-refractivity contribution in [3.8, 4) is 11.5 Å². The molecule has 3 rings (SSSR count). The first-order chi connectivity index (χ1) is 11.9. The van der Waals surface area contributed by atoms with E-state index in [0.717, 1.165) is 17.7 Å². The minimum atomic E-state index is -4.42. The van der Waals surface area contributed by atoms with E-state index in [1.165, 1.54) is 12.1 Å². The first-order valence-electron chi connectivity index (χ1n) is 7.73. The minimum Gasteiger partial charge on any atom is -0.486 e. The molecule has 0 unspecified atom stereocenters. The van der Waals surface area contributed by atoms with Gasteiger partial charge in [0.25, 0.3) is 0 Å². The molecule has 1 aliphatic rings. The molecule has 0 saturated carbocycles. The lowest BCUT2D eigenvalue weighted by Gasteiger charge is -2.19. The zero-order valence-corrected chi connectivity index (χ0v) is 13.2. The van der Waals surface area contributed by atoms with E-state index >= 15 is 0 Å². The molecule has 0 saturated heterocycles. The van der Waals surface area contributed by atoms with E-state index < -0.39 is 11.7 Å². The molecule has 132 valence electrons. The van der Waals surface area contributed by atoms with Gasteiger partial charge in [-0.2, -0.15) is 13.2 Å². The smallest absolute Gasteiger partial charge is 0.416 e. The zero-order valence-electron chi connectivity index (χ0n) is 13.2. The van der Waals surface area contributed by atoms with E-state index in [2.05, 4.69) is 5.32 Å². The summed E-state index contributed by atoms with van der Waals surface area (Å²) in [6.07, 6.45) is -4.54. The summed E-state index contributed by atoms with van der Waals surface area (Å²) in [4.78, 5) is 12.0. The SMILES string of the molecule is O=C(Cc1cccc(C(F)(F)F)c1)NCc1ccc2c(c1)OCCO2. The standard InChI is InChI=1S/C18H16F3NO3/c19-18(20,21)14-3-1-2-12(8-14)10-17(23)22-11-13-4-5-15-16(9-13)25-7-6-24-15/h1-5,8-9H,6-7,10-11H2,(H,22,23). The summed E-state index contributed by atoms with van der Waals surface area (Å²) in [6.45, 7) is 1.23. The summed E-state index contributed by atoms with van der Waals surface area (Å²) in [6, 6.07) is 10.1. The van der Waals surface area contributed by atoms with Crippen molar-refractivity contribution in [2.75, 3.05) is 13.2 Å². The summed E-state index contributed by atoms with van der Waals surface area (Å²) in [7, 11) is 0. The van der Waals surface area contributed by atoms with Crippen LogP contribution in [0.1, 0.15) is 16.7 Å². The number of rotatable bonds is 4. The van der Waals surface area contributed by atoms with Crippen LogP contribution < -0.4 is 14.8 Å². The Hall–Kier alpha value is -2.70. The van der Waals surface area contributed by atoms with Gasteiger partial charge in [-0.15, -0.1) is 0 Å². The lowest BCUT2D eigenvalue weighted by Crippen LogP contribution is -2.25. The highest BCUT2D eigenvalue weighted by Crippen LogP contribution is 2.31. The van der Waals surface area contributed by atoms with Gasteiger partial charge in [-0.3, -0.25) is 4.79 Å². The van der Waals surface area contributed by atoms with Gasteiger partial charge in [0.05, 0.1) is 12.0 Å². The van der Waals surface area contributed by atoms with E-state index in [1.54, 1.807) is 18.2 Å². The average Bonchev–Trinajstić information content (AvgIpc) is 2.59. The van der Waals surface area contributed by atoms with Gasteiger partial charge < -0.3 is 14.8 Å². The highest BCUT2D eigenvalue weighted by Gasteiger charge is 2.30. The van der Waals surface area contributed by atoms with Crippen LogP contribution in [0.25, 0.3) is 0 Å². The predicted molar refractivity (Wildman–Crippen MR) is 84.4 cm³/mol. The first kappa shape index (κ1) is 17.1. The fourth-order valence-corrected chi connectivity index (χ4v) is 2.50. The molecule has 1 amide bonds. The molecule has 1 aliphatic heterocycles. The maximum absolute atomic E-state index is 12.7. The normalized spacial score (nSPS) is 13.4. The Labute approximate surface area is 142 Å². The number of hydrogen-bond acceptors (Lipinski definition) is 3. The van der Waals surface area contributed by atoms with Crippen molar-refractivity contribution in [2.45, 2.75) is 19.1 Å². The second-order valence-electron chi connectivity index (χ2n) is 5.63. The number of ether oxygens (including phenoxy) is 2. The van der Waals surface area contributed by atoms with Crippen molar-refractivity contribution in [3.63, 3.8) is 0 Å². The molecular weight excluding hydrogens is 335 g/mol. The van der Waals surface area contributed by atoms with Gasteiger partial charge in [0.2, 0.25) is 5.91 Å². The van der Waals surface area contributed by atoms with Crippen LogP contribution in [0.5, 0.6) is 11.5 Å². The van der Waals surface area contributed by atoms with Crippen molar-refractivity contribution in [1.82, 2.24) is 5.32 Å². The van der Waals surface area contributed by atoms with Crippen LogP contribution in [-0.2, 0) is 23.9 Å². The molecule has 0 atom stereocenters. The van der Waals surface area contributed by atoms with Crippen LogP contribution >= 0.6 is 0 Å². The molecule has 2 aromatic carbocycles. The molecule has 0 bridgehead atoms. The van der Waals surface area contributed by atoms with Crippen LogP contribution in [0, 0.1) is 0 Å². The molecule has 0 aromatic heterocycles. The Morgan fingerprint density at radius 1 is 1.00 bits per heavy atom. The third-order valence-corrected chi connectivity index (χ3v) is 3.72. The van der Waals surface area contributed by atoms with Gasteiger partial charge in [0.15, 0.2) is 11.5 Å². The summed E-state index contributed by atoms with van der Waals surface area (Å²) in [5, 5.41) is 2.70. The Balaban J connectivity index is 1.58. The minimum absolute atomic E-state index is 0.117. The number of alkyl halides is 3. The summed E-state index contributed by atoms with van der Waals surface area (Å²) < 4.78 is 49.0. The lowest BCUT2D eigenvalue weighted by molar-refractivity contribution is -0.137. The Bertz CT molecular complexity index is 774. The number of benzene rings is 2. The van der Waals surface area contributed by atoms with Crippen molar-refractivity contribution in [1.29, 1.82) is 0 Å². The maximum atomic E-state index is 12.7. The zero-order chi connectivity index (χ0) is 17.9. The first-order valence-corrected chi connectivity index (χ1v) is 7.73. The lowest BCUT2D eigenvalue weighted by atomic mass is 10.1.